The van der Waals surface area contributed by atoms with Crippen molar-refractivity contribution < 1.29 is 14.1 Å². The Bertz CT molecular complexity index is 1440. The van der Waals surface area contributed by atoms with Crippen molar-refractivity contribution in [1.82, 2.24) is 20.4 Å². The molecule has 4 aromatic rings. The molecule has 1 N–H and O–H groups in total. The van der Waals surface area contributed by atoms with Gasteiger partial charge in [0.2, 0.25) is 5.82 Å². The van der Waals surface area contributed by atoms with Gasteiger partial charge in [0.05, 0.1) is 25.3 Å². The maximum absolute atomic E-state index is 13.4. The molecule has 0 spiro atoms. The molecule has 0 saturated heterocycles. The zero-order valence-corrected chi connectivity index (χ0v) is 21.5. The molecule has 2 heterocycles. The number of methoxy groups -OCH3 is 1. The highest BCUT2D eigenvalue weighted by atomic mass is 16.5. The fraction of sp³-hybridized carbons (Fsp3) is 0.233. The van der Waals surface area contributed by atoms with Crippen molar-refractivity contribution in [2.24, 2.45) is 0 Å². The number of allylic oxidation sites excluding steroid dienone is 1. The van der Waals surface area contributed by atoms with Crippen molar-refractivity contribution in [2.75, 3.05) is 7.11 Å². The van der Waals surface area contributed by atoms with E-state index in [0.29, 0.717) is 18.3 Å². The molecule has 0 radical (unpaired) electrons. The van der Waals surface area contributed by atoms with Crippen LogP contribution in [0.25, 0.3) is 17.0 Å². The van der Waals surface area contributed by atoms with Crippen LogP contribution in [0, 0.1) is 6.92 Å². The van der Waals surface area contributed by atoms with Gasteiger partial charge in [-0.25, -0.2) is 4.79 Å². The second-order valence-corrected chi connectivity index (χ2v) is 9.20. The minimum Gasteiger partial charge on any atom is -0.497 e. The Morgan fingerprint density at radius 1 is 1.00 bits per heavy atom. The van der Waals surface area contributed by atoms with Gasteiger partial charge in [0.15, 0.2) is 0 Å². The predicted molar refractivity (Wildman–Crippen MR) is 143 cm³/mol. The van der Waals surface area contributed by atoms with Crippen LogP contribution in [0.3, 0.4) is 0 Å². The Morgan fingerprint density at radius 2 is 1.73 bits per heavy atom. The van der Waals surface area contributed by atoms with Gasteiger partial charge in [0.25, 0.3) is 5.89 Å². The highest BCUT2D eigenvalue weighted by Crippen LogP contribution is 2.38. The van der Waals surface area contributed by atoms with Gasteiger partial charge in [0, 0.05) is 11.3 Å². The van der Waals surface area contributed by atoms with Crippen LogP contribution in [0.15, 0.2) is 83.0 Å². The van der Waals surface area contributed by atoms with E-state index in [2.05, 4.69) is 41.7 Å². The number of rotatable bonds is 7. The number of aromatic nitrogens is 2. The second-order valence-electron chi connectivity index (χ2n) is 9.20. The Labute approximate surface area is 216 Å². The topological polar surface area (TPSA) is 80.5 Å². The Kier molecular flexibility index (Phi) is 6.77. The summed E-state index contributed by atoms with van der Waals surface area (Å²) in [6, 6.07) is 23.3. The first-order chi connectivity index (χ1) is 18.0. The van der Waals surface area contributed by atoms with E-state index in [0.717, 1.165) is 45.7 Å². The van der Waals surface area contributed by atoms with E-state index >= 15 is 0 Å². The second kappa shape index (κ2) is 10.3. The molecular formula is C30H30N4O3. The van der Waals surface area contributed by atoms with Crippen LogP contribution in [0.2, 0.25) is 0 Å². The number of benzene rings is 3. The number of hydrogen-bond donors (Lipinski definition) is 1. The highest BCUT2D eigenvalue weighted by Gasteiger charge is 2.35. The molecule has 0 fully saturated rings. The fourth-order valence-electron chi connectivity index (χ4n) is 4.59. The molecule has 2 amide bonds. The Morgan fingerprint density at radius 3 is 2.41 bits per heavy atom. The van der Waals surface area contributed by atoms with Gasteiger partial charge >= 0.3 is 6.03 Å². The van der Waals surface area contributed by atoms with Gasteiger partial charge < -0.3 is 14.6 Å². The summed E-state index contributed by atoms with van der Waals surface area (Å²) in [7, 11) is 1.63. The van der Waals surface area contributed by atoms with Crippen molar-refractivity contribution >= 4 is 11.6 Å². The van der Waals surface area contributed by atoms with Gasteiger partial charge in [-0.15, -0.1) is 0 Å². The first kappa shape index (κ1) is 24.3. The van der Waals surface area contributed by atoms with Crippen LogP contribution in [-0.2, 0) is 13.0 Å². The van der Waals surface area contributed by atoms with Crippen molar-refractivity contribution in [3.05, 3.63) is 107 Å². The van der Waals surface area contributed by atoms with Crippen LogP contribution in [0.1, 0.15) is 48.0 Å². The minimum absolute atomic E-state index is 0.181. The number of nitrogens with one attached hydrogen (secondary N) is 1. The molecule has 7 heteroatoms. The third-order valence-electron chi connectivity index (χ3n) is 6.75. The van der Waals surface area contributed by atoms with Crippen LogP contribution in [0.4, 0.5) is 4.79 Å². The summed E-state index contributed by atoms with van der Waals surface area (Å²) in [4.78, 5) is 19.9. The first-order valence-corrected chi connectivity index (χ1v) is 12.4. The molecule has 7 nitrogen and oxygen atoms in total. The van der Waals surface area contributed by atoms with E-state index in [1.807, 2.05) is 62.4 Å². The molecule has 188 valence electrons. The van der Waals surface area contributed by atoms with E-state index in [4.69, 9.17) is 14.2 Å². The van der Waals surface area contributed by atoms with Crippen molar-refractivity contribution in [2.45, 2.75) is 39.8 Å². The third kappa shape index (κ3) is 4.98. The van der Waals surface area contributed by atoms with E-state index in [1.54, 1.807) is 12.0 Å². The molecule has 1 aromatic heterocycles. The quantitative estimate of drug-likeness (QED) is 0.325. The molecule has 1 aliphatic heterocycles. The molecule has 0 aliphatic carbocycles. The largest absolute Gasteiger partial charge is 0.497 e. The molecule has 1 aliphatic rings. The van der Waals surface area contributed by atoms with Gasteiger partial charge in [-0.1, -0.05) is 72.2 Å². The number of amides is 2. The van der Waals surface area contributed by atoms with Crippen LogP contribution in [0.5, 0.6) is 5.75 Å². The molecule has 1 atom stereocenters. The van der Waals surface area contributed by atoms with Gasteiger partial charge in [-0.05, 0) is 55.2 Å². The van der Waals surface area contributed by atoms with Crippen LogP contribution < -0.4 is 10.1 Å². The third-order valence-corrected chi connectivity index (χ3v) is 6.75. The lowest BCUT2D eigenvalue weighted by Crippen LogP contribution is -2.45. The SMILES string of the molecule is CCc1ccc(CN2C(=O)NC(c3ccc(OC)cc3)C(c3nc(-c4cccc(C)c4)no3)=C2C)cc1. The first-order valence-electron chi connectivity index (χ1n) is 12.4. The fourth-order valence-corrected chi connectivity index (χ4v) is 4.59. The summed E-state index contributed by atoms with van der Waals surface area (Å²) in [6.45, 7) is 6.51. The molecule has 5 rings (SSSR count). The van der Waals surface area contributed by atoms with Crippen molar-refractivity contribution in [3.8, 4) is 17.1 Å². The zero-order valence-electron chi connectivity index (χ0n) is 21.5. The Balaban J connectivity index is 1.57. The molecular weight excluding hydrogens is 464 g/mol. The zero-order chi connectivity index (χ0) is 25.9. The molecule has 37 heavy (non-hydrogen) atoms. The maximum Gasteiger partial charge on any atom is 0.322 e. The molecule has 0 bridgehead atoms. The highest BCUT2D eigenvalue weighted by molar-refractivity contribution is 5.87. The molecule has 3 aromatic carbocycles. The molecule has 1 unspecified atom stereocenters. The van der Waals surface area contributed by atoms with Gasteiger partial charge in [-0.3, -0.25) is 4.90 Å². The van der Waals surface area contributed by atoms with E-state index < -0.39 is 6.04 Å². The van der Waals surface area contributed by atoms with Crippen LogP contribution >= 0.6 is 0 Å². The van der Waals surface area contributed by atoms with Crippen molar-refractivity contribution in [1.29, 1.82) is 0 Å². The smallest absolute Gasteiger partial charge is 0.322 e. The molecule has 0 saturated carbocycles. The monoisotopic (exact) mass is 494 g/mol. The average molecular weight is 495 g/mol. The van der Waals surface area contributed by atoms with Gasteiger partial charge in [0.1, 0.15) is 5.75 Å². The van der Waals surface area contributed by atoms with Gasteiger partial charge in [-0.2, -0.15) is 4.98 Å². The summed E-state index contributed by atoms with van der Waals surface area (Å²) >= 11 is 0. The summed E-state index contributed by atoms with van der Waals surface area (Å²) in [5.41, 5.74) is 6.71. The number of aryl methyl sites for hydroxylation is 2. The maximum atomic E-state index is 13.4. The normalized spacial score (nSPS) is 15.6. The number of nitrogens with zero attached hydrogens (tertiary/aromatic N) is 3. The number of urea groups is 1. The minimum atomic E-state index is -0.456. The summed E-state index contributed by atoms with van der Waals surface area (Å²) in [5, 5.41) is 7.43. The summed E-state index contributed by atoms with van der Waals surface area (Å²) in [6.07, 6.45) is 0.970. The lowest BCUT2D eigenvalue weighted by Gasteiger charge is -2.35. The van der Waals surface area contributed by atoms with E-state index in [9.17, 15) is 4.79 Å². The lowest BCUT2D eigenvalue weighted by molar-refractivity contribution is 0.203. The average Bonchev–Trinajstić information content (AvgIpc) is 3.41. The number of ether oxygens (including phenoxy) is 1. The predicted octanol–water partition coefficient (Wildman–Crippen LogP) is 6.31. The van der Waals surface area contributed by atoms with Crippen molar-refractivity contribution in [3.63, 3.8) is 0 Å². The Hall–Kier alpha value is -4.39. The number of carbonyl (C=O) groups is 1. The lowest BCUT2D eigenvalue weighted by atomic mass is 9.94. The van der Waals surface area contributed by atoms with Crippen LogP contribution in [-0.4, -0.2) is 28.2 Å². The van der Waals surface area contributed by atoms with E-state index in [-0.39, 0.29) is 6.03 Å². The number of hydrogen-bond acceptors (Lipinski definition) is 5. The van der Waals surface area contributed by atoms with E-state index in [1.165, 1.54) is 5.56 Å². The summed E-state index contributed by atoms with van der Waals surface area (Å²) < 4.78 is 11.1. The standard InChI is InChI=1S/C30H30N4O3/c1-5-21-9-11-22(12-10-21)18-34-20(3)26(27(31-30(34)35)23-13-15-25(36-4)16-14-23)29-32-28(33-37-29)24-8-6-7-19(2)17-24/h6-17,27H,5,18H2,1-4H3,(H,31,35). The summed E-state index contributed by atoms with van der Waals surface area (Å²) in [5.74, 6) is 1.62. The number of carbonyl (C=O) groups excluding carboxylic acids is 1.